The second-order valence-electron chi connectivity index (χ2n) is 6.97. The molecule has 0 radical (unpaired) electrons. The number of unbranched alkanes of at least 4 members (excludes halogenated alkanes) is 1. The summed E-state index contributed by atoms with van der Waals surface area (Å²) in [4.78, 5) is 24.5. The number of nitrogens with zero attached hydrogens (tertiary/aromatic N) is 3. The lowest BCUT2D eigenvalue weighted by molar-refractivity contribution is 0.0953. The predicted octanol–water partition coefficient (Wildman–Crippen LogP) is 3.22. The van der Waals surface area contributed by atoms with Gasteiger partial charge in [0.15, 0.2) is 0 Å². The standard InChI is InChI=1S/C22H30N6O2/c1-5-6-11-25-20-18(15(2)27-22(23)28-20)14-17-13-16(8-9-19(17)30-4)21(29)26-12-7-10-24-3/h8-9,13H,5-7,10-12,14H2,1-2,4H3,(H,26,29)(H3,23,25,27,28). The summed E-state index contributed by atoms with van der Waals surface area (Å²) in [6.07, 6.45) is 3.23. The smallest absolute Gasteiger partial charge is 0.251 e. The van der Waals surface area contributed by atoms with Gasteiger partial charge in [-0.15, -0.1) is 0 Å². The Morgan fingerprint density at radius 2 is 2.07 bits per heavy atom. The molecule has 4 N–H and O–H groups in total. The van der Waals surface area contributed by atoms with Gasteiger partial charge in [-0.05, 0) is 37.1 Å². The normalized spacial score (nSPS) is 10.3. The van der Waals surface area contributed by atoms with Crippen molar-refractivity contribution in [3.63, 3.8) is 0 Å². The minimum absolute atomic E-state index is 0.171. The summed E-state index contributed by atoms with van der Waals surface area (Å²) < 4.78 is 5.52. The number of carbonyl (C=O) groups excluding carboxylic acids is 1. The number of rotatable bonds is 11. The molecule has 0 aliphatic heterocycles. The van der Waals surface area contributed by atoms with E-state index in [1.54, 1.807) is 19.2 Å². The van der Waals surface area contributed by atoms with Crippen molar-refractivity contribution in [2.24, 2.45) is 0 Å². The Balaban J connectivity index is 2.28. The van der Waals surface area contributed by atoms with Gasteiger partial charge in [-0.1, -0.05) is 13.3 Å². The van der Waals surface area contributed by atoms with Gasteiger partial charge >= 0.3 is 0 Å². The number of aryl methyl sites for hydroxylation is 1. The number of hydrogen-bond donors (Lipinski definition) is 3. The molecule has 30 heavy (non-hydrogen) atoms. The van der Waals surface area contributed by atoms with Gasteiger partial charge in [-0.2, -0.15) is 4.98 Å². The monoisotopic (exact) mass is 410 g/mol. The molecule has 0 saturated carbocycles. The molecule has 160 valence electrons. The number of methoxy groups -OCH3 is 1. The Kier molecular flexibility index (Phi) is 8.88. The van der Waals surface area contributed by atoms with Gasteiger partial charge in [0.05, 0.1) is 7.11 Å². The third-order valence-electron chi connectivity index (χ3n) is 4.70. The topological polar surface area (TPSA) is 107 Å². The fourth-order valence-electron chi connectivity index (χ4n) is 3.07. The van der Waals surface area contributed by atoms with Crippen LogP contribution < -0.4 is 21.1 Å². The summed E-state index contributed by atoms with van der Waals surface area (Å²) in [6.45, 7) is 12.5. The van der Waals surface area contributed by atoms with E-state index in [9.17, 15) is 4.79 Å². The number of nitrogens with two attached hydrogens (primary N) is 1. The quantitative estimate of drug-likeness (QED) is 0.388. The molecule has 0 fully saturated rings. The maximum atomic E-state index is 12.5. The minimum Gasteiger partial charge on any atom is -0.496 e. The zero-order chi connectivity index (χ0) is 21.9. The second kappa shape index (κ2) is 11.6. The van der Waals surface area contributed by atoms with Crippen LogP contribution in [0.15, 0.2) is 18.2 Å². The van der Waals surface area contributed by atoms with Crippen molar-refractivity contribution in [1.29, 1.82) is 0 Å². The molecule has 0 spiro atoms. The maximum absolute atomic E-state index is 12.5. The zero-order valence-electron chi connectivity index (χ0n) is 17.9. The number of nitrogens with one attached hydrogen (secondary N) is 2. The fourth-order valence-corrected chi connectivity index (χ4v) is 3.07. The number of carbonyl (C=O) groups is 1. The molecule has 1 heterocycles. The van der Waals surface area contributed by atoms with Crippen LogP contribution in [-0.4, -0.2) is 42.6 Å². The van der Waals surface area contributed by atoms with Gasteiger partial charge in [0.25, 0.3) is 5.91 Å². The largest absolute Gasteiger partial charge is 0.496 e. The van der Waals surface area contributed by atoms with Crippen molar-refractivity contribution in [3.05, 3.63) is 52.0 Å². The van der Waals surface area contributed by atoms with Gasteiger partial charge in [0.2, 0.25) is 12.5 Å². The van der Waals surface area contributed by atoms with Crippen molar-refractivity contribution < 1.29 is 9.53 Å². The van der Waals surface area contributed by atoms with Crippen molar-refractivity contribution in [2.45, 2.75) is 39.5 Å². The van der Waals surface area contributed by atoms with Gasteiger partial charge in [0.1, 0.15) is 11.6 Å². The van der Waals surface area contributed by atoms with Gasteiger partial charge in [-0.3, -0.25) is 4.79 Å². The lowest BCUT2D eigenvalue weighted by Gasteiger charge is -2.16. The van der Waals surface area contributed by atoms with E-state index in [-0.39, 0.29) is 11.9 Å². The van der Waals surface area contributed by atoms with E-state index in [1.165, 1.54) is 0 Å². The first-order valence-electron chi connectivity index (χ1n) is 10.1. The maximum Gasteiger partial charge on any atom is 0.251 e. The van der Waals surface area contributed by atoms with Crippen LogP contribution in [0.2, 0.25) is 0 Å². The van der Waals surface area contributed by atoms with E-state index in [1.807, 2.05) is 13.0 Å². The molecule has 0 aliphatic carbocycles. The highest BCUT2D eigenvalue weighted by Gasteiger charge is 2.16. The first kappa shape index (κ1) is 22.9. The van der Waals surface area contributed by atoms with Crippen LogP contribution in [0.1, 0.15) is 53.4 Å². The number of ether oxygens (including phenoxy) is 1. The molecular formula is C22H30N6O2. The van der Waals surface area contributed by atoms with Crippen molar-refractivity contribution in [2.75, 3.05) is 37.8 Å². The first-order chi connectivity index (χ1) is 14.5. The highest BCUT2D eigenvalue weighted by molar-refractivity contribution is 5.94. The second-order valence-corrected chi connectivity index (χ2v) is 6.97. The SMILES string of the molecule is [C-]#[N+]CCCNC(=O)c1ccc(OC)c(Cc2c(C)nc(N)nc2NCCCC)c1. The van der Waals surface area contributed by atoms with Crippen LogP contribution in [0.4, 0.5) is 11.8 Å². The van der Waals surface area contributed by atoms with E-state index in [0.29, 0.717) is 43.1 Å². The van der Waals surface area contributed by atoms with Gasteiger partial charge in [0, 0.05) is 42.8 Å². The summed E-state index contributed by atoms with van der Waals surface area (Å²) in [6, 6.07) is 5.36. The molecule has 1 amide bonds. The first-order valence-corrected chi connectivity index (χ1v) is 10.1. The van der Waals surface area contributed by atoms with Crippen molar-refractivity contribution >= 4 is 17.7 Å². The summed E-state index contributed by atoms with van der Waals surface area (Å²) >= 11 is 0. The highest BCUT2D eigenvalue weighted by Crippen LogP contribution is 2.27. The van der Waals surface area contributed by atoms with E-state index >= 15 is 0 Å². The van der Waals surface area contributed by atoms with Crippen LogP contribution in [0.3, 0.4) is 0 Å². The van der Waals surface area contributed by atoms with E-state index in [0.717, 1.165) is 36.2 Å². The molecule has 0 unspecified atom stereocenters. The highest BCUT2D eigenvalue weighted by atomic mass is 16.5. The van der Waals surface area contributed by atoms with Crippen LogP contribution in [0.25, 0.3) is 4.85 Å². The van der Waals surface area contributed by atoms with Gasteiger partial charge < -0.3 is 25.9 Å². The van der Waals surface area contributed by atoms with Crippen LogP contribution in [0.5, 0.6) is 5.75 Å². The number of anilines is 2. The molecule has 1 aromatic carbocycles. The van der Waals surface area contributed by atoms with E-state index in [4.69, 9.17) is 17.0 Å². The fraction of sp³-hybridized carbons (Fsp3) is 0.455. The molecule has 8 heteroatoms. The molecular weight excluding hydrogens is 380 g/mol. The third-order valence-corrected chi connectivity index (χ3v) is 4.70. The minimum atomic E-state index is -0.171. The third kappa shape index (κ3) is 6.34. The Labute approximate surface area is 178 Å². The van der Waals surface area contributed by atoms with Gasteiger partial charge in [-0.25, -0.2) is 11.6 Å². The summed E-state index contributed by atoms with van der Waals surface area (Å²) in [5.74, 6) is 1.46. The predicted molar refractivity (Wildman–Crippen MR) is 119 cm³/mol. The summed E-state index contributed by atoms with van der Waals surface area (Å²) in [5, 5.41) is 6.21. The molecule has 1 aromatic heterocycles. The number of nitrogen functional groups attached to an aromatic ring is 1. The molecule has 8 nitrogen and oxygen atoms in total. The Hall–Kier alpha value is -3.34. The van der Waals surface area contributed by atoms with Crippen molar-refractivity contribution in [3.8, 4) is 5.75 Å². The Bertz CT molecular complexity index is 907. The Morgan fingerprint density at radius 1 is 1.27 bits per heavy atom. The number of benzene rings is 1. The average molecular weight is 411 g/mol. The van der Waals surface area contributed by atoms with Crippen LogP contribution in [-0.2, 0) is 6.42 Å². The number of hydrogen-bond acceptors (Lipinski definition) is 6. The summed E-state index contributed by atoms with van der Waals surface area (Å²) in [5.41, 5.74) is 8.98. The number of aromatic nitrogens is 2. The zero-order valence-corrected chi connectivity index (χ0v) is 17.9. The molecule has 2 aromatic rings. The Morgan fingerprint density at radius 3 is 2.77 bits per heavy atom. The lowest BCUT2D eigenvalue weighted by atomic mass is 10.0. The molecule has 0 aliphatic rings. The molecule has 0 atom stereocenters. The summed E-state index contributed by atoms with van der Waals surface area (Å²) in [7, 11) is 1.61. The van der Waals surface area contributed by atoms with Crippen LogP contribution in [0, 0.1) is 13.5 Å². The number of amides is 1. The average Bonchev–Trinajstić information content (AvgIpc) is 2.73. The molecule has 0 saturated heterocycles. The van der Waals surface area contributed by atoms with E-state index < -0.39 is 0 Å². The van der Waals surface area contributed by atoms with E-state index in [2.05, 4.69) is 32.4 Å². The molecule has 2 rings (SSSR count). The van der Waals surface area contributed by atoms with Crippen LogP contribution >= 0.6 is 0 Å². The molecule has 0 bridgehead atoms. The van der Waals surface area contributed by atoms with Crippen molar-refractivity contribution in [1.82, 2.24) is 15.3 Å². The lowest BCUT2D eigenvalue weighted by Crippen LogP contribution is -2.25.